The standard InChI is InChI=1S/C25H31N5S/c1-12(2)20-21-15(5)23(18-8-17-7-6-16(18)9-26-17)31-25(21)29-22(20)19-10-30-24(27-11-28-30)14(4)13(19)3/h10-12,16-18,26,29H,6-9H2,1-5H3. The predicted octanol–water partition coefficient (Wildman–Crippen LogP) is 5.84. The summed E-state index contributed by atoms with van der Waals surface area (Å²) in [5.41, 5.74) is 8.90. The highest BCUT2D eigenvalue weighted by Gasteiger charge is 2.38. The first-order chi connectivity index (χ1) is 14.9. The number of nitrogens with zero attached hydrogens (tertiary/aromatic N) is 3. The number of hydrogen-bond acceptors (Lipinski definition) is 4. The lowest BCUT2D eigenvalue weighted by Crippen LogP contribution is -2.48. The van der Waals surface area contributed by atoms with Gasteiger partial charge in [-0.2, -0.15) is 5.10 Å². The molecule has 2 saturated heterocycles. The van der Waals surface area contributed by atoms with Gasteiger partial charge in [0.1, 0.15) is 11.2 Å². The Morgan fingerprint density at radius 2 is 1.97 bits per heavy atom. The Bertz CT molecular complexity index is 1300. The second-order valence-electron chi connectivity index (χ2n) is 9.97. The number of hydrogen-bond donors (Lipinski definition) is 2. The van der Waals surface area contributed by atoms with Gasteiger partial charge in [-0.05, 0) is 86.6 Å². The largest absolute Gasteiger partial charge is 0.346 e. The van der Waals surface area contributed by atoms with Crippen LogP contribution >= 0.6 is 11.3 Å². The first-order valence-electron chi connectivity index (χ1n) is 11.6. The van der Waals surface area contributed by atoms with Crippen LogP contribution in [0.1, 0.15) is 72.1 Å². The Morgan fingerprint density at radius 3 is 2.65 bits per heavy atom. The average Bonchev–Trinajstić information content (AvgIpc) is 3.46. The van der Waals surface area contributed by atoms with E-state index in [0.29, 0.717) is 5.92 Å². The van der Waals surface area contributed by atoms with E-state index in [9.17, 15) is 0 Å². The van der Waals surface area contributed by atoms with Crippen molar-refractivity contribution in [1.82, 2.24) is 24.9 Å². The van der Waals surface area contributed by atoms with E-state index >= 15 is 0 Å². The third-order valence-electron chi connectivity index (χ3n) is 7.93. The number of aromatic amines is 1. The molecule has 31 heavy (non-hydrogen) atoms. The van der Waals surface area contributed by atoms with E-state index in [0.717, 1.165) is 23.5 Å². The quantitative estimate of drug-likeness (QED) is 0.426. The number of pyridine rings is 1. The minimum atomic E-state index is 0.445. The van der Waals surface area contributed by atoms with Crippen molar-refractivity contribution in [3.05, 3.63) is 39.7 Å². The topological polar surface area (TPSA) is 58.0 Å². The van der Waals surface area contributed by atoms with E-state index in [-0.39, 0.29) is 0 Å². The molecule has 2 N–H and O–H groups in total. The third kappa shape index (κ3) is 2.77. The smallest absolute Gasteiger partial charge is 0.158 e. The third-order valence-corrected chi connectivity index (χ3v) is 9.27. The van der Waals surface area contributed by atoms with Crippen LogP contribution in [0.2, 0.25) is 0 Å². The maximum absolute atomic E-state index is 4.44. The number of thiophene rings is 1. The van der Waals surface area contributed by atoms with Gasteiger partial charge in [0.25, 0.3) is 0 Å². The zero-order valence-corrected chi connectivity index (χ0v) is 19.9. The lowest BCUT2D eigenvalue weighted by Gasteiger charge is -2.43. The van der Waals surface area contributed by atoms with Crippen molar-refractivity contribution in [2.45, 2.75) is 71.8 Å². The molecule has 6 heteroatoms. The number of aryl methyl sites for hydroxylation is 2. The van der Waals surface area contributed by atoms with Crippen LogP contribution in [0.25, 0.3) is 27.1 Å². The number of aromatic nitrogens is 4. The van der Waals surface area contributed by atoms with Crippen LogP contribution in [0.15, 0.2) is 12.5 Å². The van der Waals surface area contributed by atoms with Crippen molar-refractivity contribution in [3.8, 4) is 11.3 Å². The summed E-state index contributed by atoms with van der Waals surface area (Å²) >= 11 is 2.01. The molecule has 3 aliphatic rings. The normalized spacial score (nSPS) is 23.6. The average molecular weight is 434 g/mol. The zero-order chi connectivity index (χ0) is 21.4. The van der Waals surface area contributed by atoms with Crippen molar-refractivity contribution in [2.24, 2.45) is 5.92 Å². The summed E-state index contributed by atoms with van der Waals surface area (Å²) in [4.78, 5) is 11.3. The Kier molecular flexibility index (Phi) is 4.35. The second kappa shape index (κ2) is 6.91. The minimum absolute atomic E-state index is 0.445. The summed E-state index contributed by atoms with van der Waals surface area (Å²) in [6.07, 6.45) is 7.83. The van der Waals surface area contributed by atoms with Gasteiger partial charge in [0.15, 0.2) is 5.65 Å². The van der Waals surface area contributed by atoms with Gasteiger partial charge in [-0.3, -0.25) is 0 Å². The van der Waals surface area contributed by atoms with E-state index in [4.69, 9.17) is 0 Å². The molecule has 3 fully saturated rings. The number of nitrogens with one attached hydrogen (secondary N) is 2. The summed E-state index contributed by atoms with van der Waals surface area (Å²) in [5.74, 6) is 1.97. The van der Waals surface area contributed by atoms with Gasteiger partial charge in [-0.15, -0.1) is 11.3 Å². The monoisotopic (exact) mass is 433 g/mol. The van der Waals surface area contributed by atoms with Crippen molar-refractivity contribution in [3.63, 3.8) is 0 Å². The van der Waals surface area contributed by atoms with Crippen LogP contribution in [0, 0.1) is 26.7 Å². The minimum Gasteiger partial charge on any atom is -0.346 e. The number of fused-ring (bicyclic) bond motifs is 5. The molecular formula is C25H31N5S. The number of rotatable bonds is 3. The van der Waals surface area contributed by atoms with E-state index in [1.807, 2.05) is 15.9 Å². The molecule has 3 unspecified atom stereocenters. The summed E-state index contributed by atoms with van der Waals surface area (Å²) in [6.45, 7) is 12.6. The van der Waals surface area contributed by atoms with E-state index in [2.05, 4.69) is 61.2 Å². The van der Waals surface area contributed by atoms with Crippen LogP contribution in [-0.2, 0) is 0 Å². The molecule has 1 aliphatic carbocycles. The van der Waals surface area contributed by atoms with Crippen LogP contribution in [0.4, 0.5) is 0 Å². The predicted molar refractivity (Wildman–Crippen MR) is 128 cm³/mol. The molecule has 4 aromatic rings. The lowest BCUT2D eigenvalue weighted by molar-refractivity contribution is 0.182. The molecule has 162 valence electrons. The van der Waals surface area contributed by atoms with Crippen molar-refractivity contribution < 1.29 is 0 Å². The van der Waals surface area contributed by atoms with Gasteiger partial charge in [-0.1, -0.05) is 13.8 Å². The molecular weight excluding hydrogens is 402 g/mol. The lowest BCUT2D eigenvalue weighted by atomic mass is 9.72. The molecule has 0 radical (unpaired) electrons. The fourth-order valence-electron chi connectivity index (χ4n) is 6.15. The van der Waals surface area contributed by atoms with Gasteiger partial charge in [0, 0.05) is 28.1 Å². The zero-order valence-electron chi connectivity index (χ0n) is 19.0. The SMILES string of the molecule is Cc1c(-c2[nH]c3sc(C4CC5CCC4CN5)c(C)c3c2C(C)C)cn2ncnc2c1C. The Hall–Kier alpha value is -2.18. The van der Waals surface area contributed by atoms with Crippen molar-refractivity contribution in [1.29, 1.82) is 0 Å². The van der Waals surface area contributed by atoms with E-state index in [1.165, 1.54) is 69.5 Å². The van der Waals surface area contributed by atoms with Gasteiger partial charge in [0.05, 0.1) is 5.69 Å². The van der Waals surface area contributed by atoms with Gasteiger partial charge in [0.2, 0.25) is 0 Å². The number of piperidine rings is 2. The van der Waals surface area contributed by atoms with Crippen LogP contribution < -0.4 is 5.32 Å². The summed E-state index contributed by atoms with van der Waals surface area (Å²) in [6, 6.07) is 0.718. The van der Waals surface area contributed by atoms with Crippen LogP contribution in [0.3, 0.4) is 0 Å². The molecule has 2 aliphatic heterocycles. The highest BCUT2D eigenvalue weighted by atomic mass is 32.1. The molecule has 7 rings (SSSR count). The highest BCUT2D eigenvalue weighted by molar-refractivity contribution is 7.19. The summed E-state index contributed by atoms with van der Waals surface area (Å²) in [7, 11) is 0. The van der Waals surface area contributed by atoms with Crippen molar-refractivity contribution in [2.75, 3.05) is 6.54 Å². The Labute approximate surface area is 187 Å². The van der Waals surface area contributed by atoms with Crippen LogP contribution in [0.5, 0.6) is 0 Å². The van der Waals surface area contributed by atoms with Crippen LogP contribution in [-0.4, -0.2) is 32.2 Å². The second-order valence-corrected chi connectivity index (χ2v) is 11.0. The molecule has 6 heterocycles. The first kappa shape index (κ1) is 19.5. The van der Waals surface area contributed by atoms with Gasteiger partial charge < -0.3 is 10.3 Å². The van der Waals surface area contributed by atoms with Gasteiger partial charge in [-0.25, -0.2) is 9.50 Å². The Balaban J connectivity index is 1.54. The maximum Gasteiger partial charge on any atom is 0.158 e. The molecule has 1 saturated carbocycles. The molecule has 0 amide bonds. The molecule has 0 spiro atoms. The summed E-state index contributed by atoms with van der Waals surface area (Å²) in [5, 5.41) is 9.63. The molecule has 5 nitrogen and oxygen atoms in total. The molecule has 2 bridgehead atoms. The fraction of sp³-hybridized carbons (Fsp3) is 0.520. The first-order valence-corrected chi connectivity index (χ1v) is 12.4. The van der Waals surface area contributed by atoms with E-state index in [1.54, 1.807) is 11.2 Å². The maximum atomic E-state index is 4.44. The van der Waals surface area contributed by atoms with Crippen molar-refractivity contribution >= 4 is 27.2 Å². The number of H-pyrrole nitrogens is 1. The molecule has 3 atom stereocenters. The molecule has 0 aromatic carbocycles. The highest BCUT2D eigenvalue weighted by Crippen LogP contribution is 2.49. The molecule has 4 aromatic heterocycles. The van der Waals surface area contributed by atoms with Gasteiger partial charge >= 0.3 is 0 Å². The summed E-state index contributed by atoms with van der Waals surface area (Å²) < 4.78 is 1.92. The van der Waals surface area contributed by atoms with E-state index < -0.39 is 0 Å². The Morgan fingerprint density at radius 1 is 1.13 bits per heavy atom. The fourth-order valence-corrected chi connectivity index (χ4v) is 7.58.